The largest absolute Gasteiger partial charge is 0.477 e. The number of aryl methyl sites for hydroxylation is 2. The fourth-order valence-electron chi connectivity index (χ4n) is 6.11. The van der Waals surface area contributed by atoms with Crippen molar-refractivity contribution in [3.63, 3.8) is 0 Å². The molecule has 214 valence electrons. The Kier molecular flexibility index (Phi) is 6.26. The van der Waals surface area contributed by atoms with Crippen molar-refractivity contribution < 1.29 is 14.3 Å². The van der Waals surface area contributed by atoms with E-state index in [4.69, 9.17) is 14.5 Å². The van der Waals surface area contributed by atoms with Crippen LogP contribution in [0.15, 0.2) is 41.5 Å². The molecule has 1 aromatic carbocycles. The van der Waals surface area contributed by atoms with Crippen LogP contribution < -0.4 is 20.3 Å². The lowest BCUT2D eigenvalue weighted by Crippen LogP contribution is -2.57. The number of fused-ring (bicyclic) bond motifs is 7. The molecule has 1 aliphatic carbocycles. The molecule has 4 aliphatic rings. The molecule has 1 saturated heterocycles. The van der Waals surface area contributed by atoms with Gasteiger partial charge in [-0.2, -0.15) is 10.1 Å². The number of anilines is 3. The molecule has 2 aromatic heterocycles. The summed E-state index contributed by atoms with van der Waals surface area (Å²) in [4.78, 5) is 25.2. The summed E-state index contributed by atoms with van der Waals surface area (Å²) < 4.78 is 13.7. The van der Waals surface area contributed by atoms with Gasteiger partial charge < -0.3 is 25.0 Å². The Balaban J connectivity index is 1.26. The molecule has 5 heterocycles. The summed E-state index contributed by atoms with van der Waals surface area (Å²) >= 11 is 0. The fourth-order valence-corrected chi connectivity index (χ4v) is 6.11. The third-order valence-corrected chi connectivity index (χ3v) is 8.82. The molecule has 2 N–H and O–H groups in total. The van der Waals surface area contributed by atoms with Crippen LogP contribution in [0.3, 0.4) is 0 Å². The molecule has 2 atom stereocenters. The lowest BCUT2D eigenvalue weighted by Gasteiger charge is -2.45. The summed E-state index contributed by atoms with van der Waals surface area (Å²) in [5.41, 5.74) is 5.46. The molecular formula is C31H37N7O3. The highest BCUT2D eigenvalue weighted by Crippen LogP contribution is 2.43. The predicted molar refractivity (Wildman–Crippen MR) is 159 cm³/mol. The monoisotopic (exact) mass is 555 g/mol. The Hall–Kier alpha value is -3.92. The van der Waals surface area contributed by atoms with E-state index in [9.17, 15) is 4.79 Å². The van der Waals surface area contributed by atoms with Crippen LogP contribution in [0.2, 0.25) is 0 Å². The van der Waals surface area contributed by atoms with Gasteiger partial charge in [0.05, 0.1) is 53.7 Å². The number of benzene rings is 1. The molecular weight excluding hydrogens is 518 g/mol. The van der Waals surface area contributed by atoms with E-state index in [1.165, 1.54) is 12.8 Å². The van der Waals surface area contributed by atoms with Crippen molar-refractivity contribution in [3.8, 4) is 17.1 Å². The molecule has 0 spiro atoms. The predicted octanol–water partition coefficient (Wildman–Crippen LogP) is 5.01. The van der Waals surface area contributed by atoms with Gasteiger partial charge in [0.1, 0.15) is 0 Å². The van der Waals surface area contributed by atoms with Gasteiger partial charge in [0.15, 0.2) is 0 Å². The van der Waals surface area contributed by atoms with E-state index in [2.05, 4.69) is 57.7 Å². The Morgan fingerprint density at radius 2 is 1.98 bits per heavy atom. The minimum Gasteiger partial charge on any atom is -0.477 e. The van der Waals surface area contributed by atoms with Gasteiger partial charge in [-0.25, -0.2) is 4.68 Å². The second kappa shape index (κ2) is 9.87. The van der Waals surface area contributed by atoms with E-state index < -0.39 is 0 Å². The van der Waals surface area contributed by atoms with Gasteiger partial charge in [0, 0.05) is 30.5 Å². The quantitative estimate of drug-likeness (QED) is 0.465. The molecule has 10 heteroatoms. The molecule has 3 aliphatic heterocycles. The Morgan fingerprint density at radius 3 is 2.73 bits per heavy atom. The van der Waals surface area contributed by atoms with E-state index >= 15 is 0 Å². The number of hydrogen-bond donors (Lipinski definition) is 2. The molecule has 0 radical (unpaired) electrons. The molecule has 1 amide bonds. The van der Waals surface area contributed by atoms with Crippen molar-refractivity contribution in [2.75, 3.05) is 35.3 Å². The van der Waals surface area contributed by atoms with Gasteiger partial charge in [0.2, 0.25) is 11.8 Å². The van der Waals surface area contributed by atoms with Crippen molar-refractivity contribution >= 4 is 28.9 Å². The average molecular weight is 556 g/mol. The molecule has 10 nitrogen and oxygen atoms in total. The summed E-state index contributed by atoms with van der Waals surface area (Å²) in [6, 6.07) is 10.2. The number of nitrogens with one attached hydrogen (secondary N) is 2. The lowest BCUT2D eigenvalue weighted by atomic mass is 9.93. The number of ether oxygens (including phenoxy) is 2. The molecule has 2 bridgehead atoms. The smallest absolute Gasteiger partial charge is 0.280 e. The lowest BCUT2D eigenvalue weighted by molar-refractivity contribution is -0.133. The first-order valence-corrected chi connectivity index (χ1v) is 14.6. The van der Waals surface area contributed by atoms with Crippen LogP contribution in [-0.4, -0.2) is 58.0 Å². The third-order valence-electron chi connectivity index (χ3n) is 8.82. The highest BCUT2D eigenvalue weighted by molar-refractivity contribution is 6.19. The van der Waals surface area contributed by atoms with Gasteiger partial charge in [0.25, 0.3) is 5.91 Å². The van der Waals surface area contributed by atoms with Gasteiger partial charge in [-0.1, -0.05) is 0 Å². The maximum atomic E-state index is 13.7. The maximum Gasteiger partial charge on any atom is 0.280 e. The van der Waals surface area contributed by atoms with E-state index in [-0.39, 0.29) is 17.6 Å². The van der Waals surface area contributed by atoms with Crippen LogP contribution in [0.4, 0.5) is 17.1 Å². The van der Waals surface area contributed by atoms with Gasteiger partial charge in [-0.3, -0.25) is 9.78 Å². The second-order valence-corrected chi connectivity index (χ2v) is 12.3. The number of aliphatic imine (C=N–C) groups is 1. The molecule has 1 unspecified atom stereocenters. The molecule has 7 rings (SSSR count). The van der Waals surface area contributed by atoms with Crippen molar-refractivity contribution in [1.29, 1.82) is 0 Å². The first-order chi connectivity index (χ1) is 19.7. The van der Waals surface area contributed by atoms with Crippen molar-refractivity contribution in [2.45, 2.75) is 58.1 Å². The summed E-state index contributed by atoms with van der Waals surface area (Å²) in [5.74, 6) is 2.08. The average Bonchev–Trinajstić information content (AvgIpc) is 3.65. The van der Waals surface area contributed by atoms with Crippen LogP contribution in [0.5, 0.6) is 5.88 Å². The van der Waals surface area contributed by atoms with Crippen LogP contribution in [0.25, 0.3) is 11.3 Å². The number of carbonyl (C=O) groups excluding carboxylic acids is 1. The number of nitrogens with zero attached hydrogens (tertiary/aromatic N) is 5. The van der Waals surface area contributed by atoms with E-state index in [1.54, 1.807) is 23.0 Å². The van der Waals surface area contributed by atoms with Gasteiger partial charge in [-0.05, 0) is 88.6 Å². The molecule has 2 fully saturated rings. The number of rotatable bonds is 3. The highest BCUT2D eigenvalue weighted by Gasteiger charge is 2.40. The summed E-state index contributed by atoms with van der Waals surface area (Å²) in [5, 5.41) is 11.5. The summed E-state index contributed by atoms with van der Waals surface area (Å²) in [6.45, 7) is 8.16. The summed E-state index contributed by atoms with van der Waals surface area (Å²) in [7, 11) is 1.87. The second-order valence-electron chi connectivity index (χ2n) is 12.3. The number of carbonyl (C=O) groups is 1. The third kappa shape index (κ3) is 4.94. The van der Waals surface area contributed by atoms with Crippen LogP contribution in [0, 0.1) is 18.8 Å². The van der Waals surface area contributed by atoms with Crippen LogP contribution >= 0.6 is 0 Å². The highest BCUT2D eigenvalue weighted by atomic mass is 16.5. The first kappa shape index (κ1) is 26.0. The Labute approximate surface area is 240 Å². The SMILES string of the molecule is Cc1cc2cc(n1)-c1cnn(C)c1OCCC[C@@H](C1CC1)CN1/C(=N/C2=O)Nc2cc(NC3COC3(C)C)ccc21. The number of amides is 1. The molecule has 1 saturated carbocycles. The van der Waals surface area contributed by atoms with Crippen LogP contribution in [0.1, 0.15) is 55.6 Å². The minimum absolute atomic E-state index is 0.195. The zero-order chi connectivity index (χ0) is 28.3. The summed E-state index contributed by atoms with van der Waals surface area (Å²) in [6.07, 6.45) is 6.21. The Bertz CT molecular complexity index is 1540. The molecule has 3 aromatic rings. The Morgan fingerprint density at radius 1 is 1.12 bits per heavy atom. The number of aromatic nitrogens is 3. The standard InChI is InChI=1S/C31H37N7O3/c1-18-12-21-13-24(33-18)23-15-32-37(4)29(23)40-11-5-6-20(19-7-8-19)16-38-26-10-9-22(34-27-17-41-31(27,2)3)14-25(26)35-30(38)36-28(21)39/h9-10,12-15,19-20,27,34H,5-8,11,16-17H2,1-4H3,(H,35,36,39)/t20-,27?/m1/s1. The minimum atomic E-state index is -0.312. The van der Waals surface area contributed by atoms with E-state index in [0.29, 0.717) is 48.1 Å². The number of pyridine rings is 1. The number of hydrogen-bond acceptors (Lipinski definition) is 8. The number of guanidine groups is 1. The van der Waals surface area contributed by atoms with Gasteiger partial charge >= 0.3 is 0 Å². The van der Waals surface area contributed by atoms with Crippen molar-refractivity contribution in [3.05, 3.63) is 47.8 Å². The maximum absolute atomic E-state index is 13.7. The molecule has 41 heavy (non-hydrogen) atoms. The van der Waals surface area contributed by atoms with E-state index in [0.717, 1.165) is 47.7 Å². The van der Waals surface area contributed by atoms with Crippen molar-refractivity contribution in [1.82, 2.24) is 14.8 Å². The normalized spacial score (nSPS) is 24.7. The topological polar surface area (TPSA) is 106 Å². The van der Waals surface area contributed by atoms with Gasteiger partial charge in [-0.15, -0.1) is 0 Å². The first-order valence-electron chi connectivity index (χ1n) is 14.6. The zero-order valence-electron chi connectivity index (χ0n) is 24.1. The van der Waals surface area contributed by atoms with Crippen molar-refractivity contribution in [2.24, 2.45) is 23.9 Å². The fraction of sp³-hybridized carbons (Fsp3) is 0.484. The zero-order valence-corrected chi connectivity index (χ0v) is 24.1. The van der Waals surface area contributed by atoms with E-state index in [1.807, 2.05) is 14.0 Å². The van der Waals surface area contributed by atoms with Crippen LogP contribution in [-0.2, 0) is 11.8 Å².